The number of nitrogens with zero attached hydrogens (tertiary/aromatic N) is 2. The second-order valence-electron chi connectivity index (χ2n) is 6.62. The Kier molecular flexibility index (Phi) is 5.16. The lowest BCUT2D eigenvalue weighted by molar-refractivity contribution is -0.124. The molecule has 1 saturated heterocycles. The van der Waals surface area contributed by atoms with Crippen molar-refractivity contribution in [1.29, 1.82) is 0 Å². The Morgan fingerprint density at radius 2 is 2.12 bits per heavy atom. The van der Waals surface area contributed by atoms with Crippen LogP contribution in [0.4, 0.5) is 0 Å². The van der Waals surface area contributed by atoms with Gasteiger partial charge < -0.3 is 14.7 Å². The van der Waals surface area contributed by atoms with Crippen LogP contribution in [-0.4, -0.2) is 41.0 Å². The summed E-state index contributed by atoms with van der Waals surface area (Å²) in [4.78, 5) is 27.1. The summed E-state index contributed by atoms with van der Waals surface area (Å²) in [5.41, 5.74) is 1.28. The van der Waals surface area contributed by atoms with Crippen LogP contribution in [0.15, 0.2) is 40.9 Å². The SMILES string of the molecule is CC(C)c1cc(C(=O)N2CCCNC(=O)C2Cc2ccccc2)no1. The highest BCUT2D eigenvalue weighted by atomic mass is 16.5. The summed E-state index contributed by atoms with van der Waals surface area (Å²) >= 11 is 0. The molecule has 25 heavy (non-hydrogen) atoms. The number of nitrogens with one attached hydrogen (secondary N) is 1. The molecular weight excluding hydrogens is 318 g/mol. The summed E-state index contributed by atoms with van der Waals surface area (Å²) < 4.78 is 5.25. The van der Waals surface area contributed by atoms with Gasteiger partial charge in [0.1, 0.15) is 11.8 Å². The van der Waals surface area contributed by atoms with E-state index in [9.17, 15) is 9.59 Å². The van der Waals surface area contributed by atoms with Crippen LogP contribution in [0.25, 0.3) is 0 Å². The van der Waals surface area contributed by atoms with E-state index in [-0.39, 0.29) is 23.4 Å². The molecule has 0 spiro atoms. The van der Waals surface area contributed by atoms with E-state index in [0.29, 0.717) is 25.3 Å². The minimum absolute atomic E-state index is 0.123. The van der Waals surface area contributed by atoms with Crippen molar-refractivity contribution in [2.24, 2.45) is 0 Å². The van der Waals surface area contributed by atoms with Crippen LogP contribution >= 0.6 is 0 Å². The normalized spacial score (nSPS) is 18.1. The largest absolute Gasteiger partial charge is 0.360 e. The molecule has 1 fully saturated rings. The molecule has 1 unspecified atom stereocenters. The molecule has 0 aliphatic carbocycles. The highest BCUT2D eigenvalue weighted by Crippen LogP contribution is 2.19. The molecule has 0 bridgehead atoms. The van der Waals surface area contributed by atoms with Crippen LogP contribution in [-0.2, 0) is 11.2 Å². The first-order valence-corrected chi connectivity index (χ1v) is 8.65. The van der Waals surface area contributed by atoms with Crippen LogP contribution < -0.4 is 5.32 Å². The summed E-state index contributed by atoms with van der Waals surface area (Å²) in [5.74, 6) is 0.444. The van der Waals surface area contributed by atoms with E-state index in [1.165, 1.54) is 0 Å². The third-order valence-corrected chi connectivity index (χ3v) is 4.40. The van der Waals surface area contributed by atoms with Crippen LogP contribution in [0.2, 0.25) is 0 Å². The minimum Gasteiger partial charge on any atom is -0.360 e. The maximum Gasteiger partial charge on any atom is 0.276 e. The van der Waals surface area contributed by atoms with E-state index in [1.54, 1.807) is 11.0 Å². The number of carbonyl (C=O) groups is 2. The molecule has 2 aromatic rings. The average molecular weight is 341 g/mol. The average Bonchev–Trinajstić information content (AvgIpc) is 3.04. The molecule has 3 rings (SSSR count). The standard InChI is InChI=1S/C19H23N3O3/c1-13(2)17-12-15(21-25-17)19(24)22-10-6-9-20-18(23)16(22)11-14-7-4-3-5-8-14/h3-5,7-8,12-13,16H,6,9-11H2,1-2H3,(H,20,23). The van der Waals surface area contributed by atoms with Crippen molar-refractivity contribution in [3.63, 3.8) is 0 Å². The van der Waals surface area contributed by atoms with Gasteiger partial charge in [0.05, 0.1) is 0 Å². The molecular formula is C19H23N3O3. The van der Waals surface area contributed by atoms with Gasteiger partial charge in [0.25, 0.3) is 5.91 Å². The number of benzene rings is 1. The van der Waals surface area contributed by atoms with Gasteiger partial charge in [-0.3, -0.25) is 9.59 Å². The van der Waals surface area contributed by atoms with Gasteiger partial charge in [0, 0.05) is 31.5 Å². The summed E-state index contributed by atoms with van der Waals surface area (Å²) in [7, 11) is 0. The van der Waals surface area contributed by atoms with Gasteiger partial charge >= 0.3 is 0 Å². The zero-order chi connectivity index (χ0) is 17.8. The fourth-order valence-electron chi connectivity index (χ4n) is 2.97. The molecule has 2 heterocycles. The van der Waals surface area contributed by atoms with Gasteiger partial charge in [-0.05, 0) is 12.0 Å². The molecule has 1 aliphatic heterocycles. The van der Waals surface area contributed by atoms with Gasteiger partial charge in [-0.1, -0.05) is 49.3 Å². The first-order valence-electron chi connectivity index (χ1n) is 8.65. The number of hydrogen-bond acceptors (Lipinski definition) is 4. The summed E-state index contributed by atoms with van der Waals surface area (Å²) in [6, 6.07) is 10.9. The molecule has 1 N–H and O–H groups in total. The quantitative estimate of drug-likeness (QED) is 0.926. The maximum absolute atomic E-state index is 13.0. The minimum atomic E-state index is -0.545. The van der Waals surface area contributed by atoms with Crippen molar-refractivity contribution < 1.29 is 14.1 Å². The van der Waals surface area contributed by atoms with Crippen molar-refractivity contribution in [2.75, 3.05) is 13.1 Å². The zero-order valence-corrected chi connectivity index (χ0v) is 14.6. The van der Waals surface area contributed by atoms with Crippen LogP contribution in [0.1, 0.15) is 48.0 Å². The number of rotatable bonds is 4. The molecule has 1 aromatic heterocycles. The van der Waals surface area contributed by atoms with Gasteiger partial charge in [0.2, 0.25) is 5.91 Å². The van der Waals surface area contributed by atoms with Crippen LogP contribution in [0.3, 0.4) is 0 Å². The van der Waals surface area contributed by atoms with Gasteiger partial charge in [-0.25, -0.2) is 0 Å². The number of aromatic nitrogens is 1. The summed E-state index contributed by atoms with van der Waals surface area (Å²) in [6.45, 7) is 5.04. The zero-order valence-electron chi connectivity index (χ0n) is 14.6. The fourth-order valence-corrected chi connectivity index (χ4v) is 2.97. The lowest BCUT2D eigenvalue weighted by Crippen LogP contribution is -2.48. The predicted octanol–water partition coefficient (Wildman–Crippen LogP) is 2.37. The molecule has 132 valence electrons. The Labute approximate surface area is 147 Å². The Balaban J connectivity index is 1.86. The smallest absolute Gasteiger partial charge is 0.276 e. The molecule has 1 aliphatic rings. The van der Waals surface area contributed by atoms with Gasteiger partial charge in [0.15, 0.2) is 5.69 Å². The van der Waals surface area contributed by atoms with Crippen molar-refractivity contribution in [3.05, 3.63) is 53.4 Å². The second-order valence-corrected chi connectivity index (χ2v) is 6.62. The monoisotopic (exact) mass is 341 g/mol. The van der Waals surface area contributed by atoms with Gasteiger partial charge in [-0.2, -0.15) is 0 Å². The second kappa shape index (κ2) is 7.51. The third-order valence-electron chi connectivity index (χ3n) is 4.40. The molecule has 0 radical (unpaired) electrons. The van der Waals surface area contributed by atoms with E-state index < -0.39 is 6.04 Å². The van der Waals surface area contributed by atoms with E-state index in [1.807, 2.05) is 44.2 Å². The number of carbonyl (C=O) groups excluding carboxylic acids is 2. The first kappa shape index (κ1) is 17.2. The molecule has 6 nitrogen and oxygen atoms in total. The van der Waals surface area contributed by atoms with Crippen molar-refractivity contribution >= 4 is 11.8 Å². The topological polar surface area (TPSA) is 75.4 Å². The van der Waals surface area contributed by atoms with Crippen molar-refractivity contribution in [2.45, 2.75) is 38.6 Å². The Morgan fingerprint density at radius 1 is 1.36 bits per heavy atom. The van der Waals surface area contributed by atoms with E-state index in [0.717, 1.165) is 12.0 Å². The maximum atomic E-state index is 13.0. The van der Waals surface area contributed by atoms with E-state index >= 15 is 0 Å². The number of amides is 2. The first-order chi connectivity index (χ1) is 12.1. The Hall–Kier alpha value is -2.63. The fraction of sp³-hybridized carbons (Fsp3) is 0.421. The predicted molar refractivity (Wildman–Crippen MR) is 93.2 cm³/mol. The van der Waals surface area contributed by atoms with E-state index in [4.69, 9.17) is 4.52 Å². The molecule has 1 aromatic carbocycles. The third kappa shape index (κ3) is 3.90. The molecule has 6 heteroatoms. The molecule has 1 atom stereocenters. The Bertz CT molecular complexity index is 739. The highest BCUT2D eigenvalue weighted by Gasteiger charge is 2.33. The lowest BCUT2D eigenvalue weighted by Gasteiger charge is -2.27. The number of hydrogen-bond donors (Lipinski definition) is 1. The summed E-state index contributed by atoms with van der Waals surface area (Å²) in [6.07, 6.45) is 1.20. The van der Waals surface area contributed by atoms with Gasteiger partial charge in [-0.15, -0.1) is 0 Å². The van der Waals surface area contributed by atoms with Crippen LogP contribution in [0, 0.1) is 0 Å². The van der Waals surface area contributed by atoms with Crippen molar-refractivity contribution in [1.82, 2.24) is 15.4 Å². The summed E-state index contributed by atoms with van der Waals surface area (Å²) in [5, 5.41) is 6.81. The Morgan fingerprint density at radius 3 is 2.80 bits per heavy atom. The van der Waals surface area contributed by atoms with E-state index in [2.05, 4.69) is 10.5 Å². The molecule has 2 amide bonds. The van der Waals surface area contributed by atoms with Crippen LogP contribution in [0.5, 0.6) is 0 Å². The molecule has 0 saturated carbocycles. The lowest BCUT2D eigenvalue weighted by atomic mass is 10.0. The highest BCUT2D eigenvalue weighted by molar-refractivity contribution is 5.96. The van der Waals surface area contributed by atoms with Crippen molar-refractivity contribution in [3.8, 4) is 0 Å².